The topological polar surface area (TPSA) is 54.6 Å². The quantitative estimate of drug-likeness (QED) is 0.439. The highest BCUT2D eigenvalue weighted by atomic mass is 79.9. The minimum atomic E-state index is -0.285. The van der Waals surface area contributed by atoms with Gasteiger partial charge in [0.1, 0.15) is 11.5 Å². The number of hydrogen-bond acceptors (Lipinski definition) is 3. The molecular weight excluding hydrogens is 436 g/mol. The number of nitrogens with one attached hydrogen (secondary N) is 1. The van der Waals surface area contributed by atoms with E-state index in [0.717, 1.165) is 20.3 Å². The van der Waals surface area contributed by atoms with Crippen LogP contribution in [-0.4, -0.2) is 12.1 Å². The first-order chi connectivity index (χ1) is 11.6. The first kappa shape index (κ1) is 16.7. The van der Waals surface area contributed by atoms with Crippen molar-refractivity contribution in [3.05, 3.63) is 80.9 Å². The van der Waals surface area contributed by atoms with Crippen LogP contribution in [0.1, 0.15) is 16.1 Å². The van der Waals surface area contributed by atoms with Gasteiger partial charge in [0.2, 0.25) is 0 Å². The van der Waals surface area contributed by atoms with Gasteiger partial charge in [-0.2, -0.15) is 5.10 Å². The van der Waals surface area contributed by atoms with Crippen LogP contribution in [0.3, 0.4) is 0 Å². The van der Waals surface area contributed by atoms with E-state index in [1.165, 1.54) is 6.21 Å². The summed E-state index contributed by atoms with van der Waals surface area (Å²) < 4.78 is 7.54. The van der Waals surface area contributed by atoms with Gasteiger partial charge in [-0.25, -0.2) is 5.43 Å². The van der Waals surface area contributed by atoms with Gasteiger partial charge in [-0.3, -0.25) is 4.79 Å². The van der Waals surface area contributed by atoms with E-state index in [-0.39, 0.29) is 5.91 Å². The Morgan fingerprint density at radius 3 is 2.54 bits per heavy atom. The fraction of sp³-hybridized carbons (Fsp3) is 0. The second-order valence-corrected chi connectivity index (χ2v) is 6.75. The molecule has 0 radical (unpaired) electrons. The van der Waals surface area contributed by atoms with Crippen LogP contribution in [0.5, 0.6) is 0 Å². The lowest BCUT2D eigenvalue weighted by Crippen LogP contribution is -2.17. The molecule has 0 atom stereocenters. The summed E-state index contributed by atoms with van der Waals surface area (Å²) in [5.74, 6) is 1.01. The minimum Gasteiger partial charge on any atom is -0.455 e. The van der Waals surface area contributed by atoms with Gasteiger partial charge < -0.3 is 4.42 Å². The van der Waals surface area contributed by atoms with E-state index in [1.54, 1.807) is 24.3 Å². The Balaban J connectivity index is 1.65. The Labute approximate surface area is 155 Å². The van der Waals surface area contributed by atoms with Crippen molar-refractivity contribution >= 4 is 44.0 Å². The summed E-state index contributed by atoms with van der Waals surface area (Å²) >= 11 is 6.73. The smallest absolute Gasteiger partial charge is 0.271 e. The molecule has 2 aromatic carbocycles. The normalized spacial score (nSPS) is 10.9. The summed E-state index contributed by atoms with van der Waals surface area (Å²) in [7, 11) is 0. The number of hydrazone groups is 1. The second kappa shape index (κ2) is 7.59. The molecule has 0 bridgehead atoms. The molecule has 1 heterocycles. The first-order valence-corrected chi connectivity index (χ1v) is 8.65. The molecule has 6 heteroatoms. The van der Waals surface area contributed by atoms with Gasteiger partial charge in [-0.05, 0) is 42.5 Å². The van der Waals surface area contributed by atoms with E-state index >= 15 is 0 Å². The van der Waals surface area contributed by atoms with Gasteiger partial charge in [0.05, 0.1) is 6.21 Å². The van der Waals surface area contributed by atoms with E-state index in [2.05, 4.69) is 42.4 Å². The van der Waals surface area contributed by atoms with Crippen molar-refractivity contribution in [3.63, 3.8) is 0 Å². The maximum absolute atomic E-state index is 12.0. The first-order valence-electron chi connectivity index (χ1n) is 7.06. The van der Waals surface area contributed by atoms with Crippen LogP contribution in [0.25, 0.3) is 11.3 Å². The number of nitrogens with zero attached hydrogens (tertiary/aromatic N) is 1. The molecule has 3 aromatic rings. The van der Waals surface area contributed by atoms with Gasteiger partial charge in [0, 0.05) is 20.1 Å². The molecule has 1 N–H and O–H groups in total. The summed E-state index contributed by atoms with van der Waals surface area (Å²) in [6.07, 6.45) is 1.47. The standard InChI is InChI=1S/C18H12Br2N2O2/c19-14-6-4-12(5-7-14)17-9-8-16(24-17)11-21-22-18(23)13-2-1-3-15(20)10-13/h1-11H,(H,22,23). The Morgan fingerprint density at radius 1 is 1.00 bits per heavy atom. The molecule has 0 saturated heterocycles. The lowest BCUT2D eigenvalue weighted by Gasteiger charge is -1.99. The molecule has 4 nitrogen and oxygen atoms in total. The SMILES string of the molecule is O=C(NN=Cc1ccc(-c2ccc(Br)cc2)o1)c1cccc(Br)c1. The highest BCUT2D eigenvalue weighted by molar-refractivity contribution is 9.10. The number of halogens is 2. The Kier molecular flexibility index (Phi) is 5.27. The molecule has 1 amide bonds. The van der Waals surface area contributed by atoms with E-state index in [4.69, 9.17) is 4.42 Å². The molecule has 0 aliphatic carbocycles. The van der Waals surface area contributed by atoms with Crippen molar-refractivity contribution in [1.82, 2.24) is 5.43 Å². The molecule has 24 heavy (non-hydrogen) atoms. The Bertz CT molecular complexity index is 886. The zero-order valence-corrected chi connectivity index (χ0v) is 15.5. The molecular formula is C18H12Br2N2O2. The van der Waals surface area contributed by atoms with Gasteiger partial charge in [0.25, 0.3) is 5.91 Å². The van der Waals surface area contributed by atoms with Crippen LogP contribution < -0.4 is 5.43 Å². The highest BCUT2D eigenvalue weighted by Crippen LogP contribution is 2.23. The highest BCUT2D eigenvalue weighted by Gasteiger charge is 2.05. The third-order valence-corrected chi connectivity index (χ3v) is 4.22. The summed E-state index contributed by atoms with van der Waals surface area (Å²) in [5.41, 5.74) is 3.97. The fourth-order valence-corrected chi connectivity index (χ4v) is 2.70. The zero-order chi connectivity index (χ0) is 16.9. The minimum absolute atomic E-state index is 0.285. The maximum Gasteiger partial charge on any atom is 0.271 e. The lowest BCUT2D eigenvalue weighted by atomic mass is 10.2. The van der Waals surface area contributed by atoms with E-state index in [9.17, 15) is 4.79 Å². The van der Waals surface area contributed by atoms with E-state index in [0.29, 0.717) is 11.3 Å². The van der Waals surface area contributed by atoms with Crippen LogP contribution >= 0.6 is 31.9 Å². The number of rotatable bonds is 4. The molecule has 0 aliphatic rings. The third-order valence-electron chi connectivity index (χ3n) is 3.20. The molecule has 0 aliphatic heterocycles. The largest absolute Gasteiger partial charge is 0.455 e. The number of carbonyl (C=O) groups is 1. The van der Waals surface area contributed by atoms with Crippen molar-refractivity contribution in [2.45, 2.75) is 0 Å². The second-order valence-electron chi connectivity index (χ2n) is 4.92. The molecule has 120 valence electrons. The molecule has 1 aromatic heterocycles. The summed E-state index contributed by atoms with van der Waals surface area (Å²) in [4.78, 5) is 12.0. The predicted octanol–water partition coefficient (Wildman–Crippen LogP) is 5.24. The number of hydrogen-bond donors (Lipinski definition) is 1. The van der Waals surface area contributed by atoms with Crippen LogP contribution in [-0.2, 0) is 0 Å². The monoisotopic (exact) mass is 446 g/mol. The van der Waals surface area contributed by atoms with Crippen molar-refractivity contribution in [2.24, 2.45) is 5.10 Å². The van der Waals surface area contributed by atoms with Crippen LogP contribution in [0.15, 0.2) is 79.1 Å². The molecule has 0 fully saturated rings. The summed E-state index contributed by atoms with van der Waals surface area (Å²) in [5, 5.41) is 3.93. The van der Waals surface area contributed by atoms with Crippen molar-refractivity contribution in [1.29, 1.82) is 0 Å². The van der Waals surface area contributed by atoms with Crippen molar-refractivity contribution in [3.8, 4) is 11.3 Å². The van der Waals surface area contributed by atoms with E-state index < -0.39 is 0 Å². The van der Waals surface area contributed by atoms with E-state index in [1.807, 2.05) is 36.4 Å². The molecule has 0 spiro atoms. The fourth-order valence-electron chi connectivity index (χ4n) is 2.04. The summed E-state index contributed by atoms with van der Waals surface area (Å²) in [6.45, 7) is 0. The molecule has 0 saturated carbocycles. The molecule has 0 unspecified atom stereocenters. The van der Waals surface area contributed by atoms with Crippen molar-refractivity contribution < 1.29 is 9.21 Å². The number of carbonyl (C=O) groups excluding carboxylic acids is 1. The zero-order valence-electron chi connectivity index (χ0n) is 12.4. The van der Waals surface area contributed by atoms with Crippen LogP contribution in [0.2, 0.25) is 0 Å². The Hall–Kier alpha value is -2.18. The maximum atomic E-state index is 12.0. The van der Waals surface area contributed by atoms with Crippen LogP contribution in [0, 0.1) is 0 Å². The Morgan fingerprint density at radius 2 is 1.79 bits per heavy atom. The average Bonchev–Trinajstić information content (AvgIpc) is 3.04. The number of amides is 1. The van der Waals surface area contributed by atoms with Gasteiger partial charge in [0.15, 0.2) is 0 Å². The number of furan rings is 1. The van der Waals surface area contributed by atoms with Crippen LogP contribution in [0.4, 0.5) is 0 Å². The molecule has 3 rings (SSSR count). The van der Waals surface area contributed by atoms with Gasteiger partial charge in [-0.1, -0.05) is 50.1 Å². The van der Waals surface area contributed by atoms with Crippen molar-refractivity contribution in [2.75, 3.05) is 0 Å². The van der Waals surface area contributed by atoms with Gasteiger partial charge in [-0.15, -0.1) is 0 Å². The lowest BCUT2D eigenvalue weighted by molar-refractivity contribution is 0.0955. The predicted molar refractivity (Wildman–Crippen MR) is 101 cm³/mol. The summed E-state index contributed by atoms with van der Waals surface area (Å²) in [6, 6.07) is 18.6. The van der Waals surface area contributed by atoms with Gasteiger partial charge >= 0.3 is 0 Å². The third kappa shape index (κ3) is 4.21. The average molecular weight is 448 g/mol. The number of benzene rings is 2.